The lowest BCUT2D eigenvalue weighted by atomic mass is 9.99. The van der Waals surface area contributed by atoms with Crippen molar-refractivity contribution in [2.45, 2.75) is 25.4 Å². The summed E-state index contributed by atoms with van der Waals surface area (Å²) in [5.41, 5.74) is 0. The van der Waals surface area contributed by atoms with Crippen LogP contribution in [0, 0.1) is 5.92 Å². The molecular formula is C7H9F3O4. The zero-order chi connectivity index (χ0) is 11.4. The Morgan fingerprint density at radius 3 is 2.00 bits per heavy atom. The van der Waals surface area contributed by atoms with Gasteiger partial charge in [-0.2, -0.15) is 13.2 Å². The molecule has 0 spiro atoms. The molecule has 0 aliphatic rings. The molecule has 4 nitrogen and oxygen atoms in total. The first-order chi connectivity index (χ1) is 6.22. The van der Waals surface area contributed by atoms with Crippen LogP contribution in [0.1, 0.15) is 19.3 Å². The van der Waals surface area contributed by atoms with Crippen molar-refractivity contribution in [1.82, 2.24) is 0 Å². The fourth-order valence-electron chi connectivity index (χ4n) is 0.890. The first kappa shape index (κ1) is 12.7. The molecule has 0 heterocycles. The fourth-order valence-corrected chi connectivity index (χ4v) is 0.890. The summed E-state index contributed by atoms with van der Waals surface area (Å²) < 4.78 is 35.3. The molecule has 0 aliphatic heterocycles. The van der Waals surface area contributed by atoms with Crippen molar-refractivity contribution in [3.63, 3.8) is 0 Å². The summed E-state index contributed by atoms with van der Waals surface area (Å²) in [7, 11) is 0. The Balaban J connectivity index is 4.17. The molecule has 82 valence electrons. The molecule has 0 aromatic carbocycles. The maximum atomic E-state index is 11.8. The molecule has 14 heavy (non-hydrogen) atoms. The molecule has 0 aliphatic carbocycles. The number of rotatable bonds is 5. The zero-order valence-corrected chi connectivity index (χ0v) is 7.04. The van der Waals surface area contributed by atoms with E-state index in [1.165, 1.54) is 0 Å². The highest BCUT2D eigenvalue weighted by molar-refractivity contribution is 5.72. The van der Waals surface area contributed by atoms with Gasteiger partial charge in [-0.1, -0.05) is 0 Å². The summed E-state index contributed by atoms with van der Waals surface area (Å²) in [6.45, 7) is 0. The Kier molecular flexibility index (Phi) is 4.39. The van der Waals surface area contributed by atoms with Gasteiger partial charge in [0.25, 0.3) is 0 Å². The van der Waals surface area contributed by atoms with E-state index >= 15 is 0 Å². The minimum atomic E-state index is -4.58. The third-order valence-corrected chi connectivity index (χ3v) is 1.53. The zero-order valence-electron chi connectivity index (χ0n) is 7.04. The number of aliphatic carboxylic acids is 2. The summed E-state index contributed by atoms with van der Waals surface area (Å²) in [6, 6.07) is 0. The van der Waals surface area contributed by atoms with E-state index in [4.69, 9.17) is 10.2 Å². The Morgan fingerprint density at radius 2 is 1.71 bits per heavy atom. The van der Waals surface area contributed by atoms with Gasteiger partial charge in [-0.3, -0.25) is 9.59 Å². The molecule has 1 atom stereocenters. The summed E-state index contributed by atoms with van der Waals surface area (Å²) in [6.07, 6.45) is -7.16. The fraction of sp³-hybridized carbons (Fsp3) is 0.714. The molecule has 0 saturated heterocycles. The van der Waals surface area contributed by atoms with E-state index < -0.39 is 43.3 Å². The Labute approximate surface area is 77.3 Å². The number of hydrogen-bond acceptors (Lipinski definition) is 2. The lowest BCUT2D eigenvalue weighted by molar-refractivity contribution is -0.164. The number of carboxylic acid groups (broad SMARTS) is 2. The number of hydrogen-bond donors (Lipinski definition) is 2. The van der Waals surface area contributed by atoms with Gasteiger partial charge in [-0.15, -0.1) is 0 Å². The van der Waals surface area contributed by atoms with Crippen LogP contribution < -0.4 is 0 Å². The summed E-state index contributed by atoms with van der Waals surface area (Å²) in [5, 5.41) is 16.5. The van der Waals surface area contributed by atoms with Crippen LogP contribution in [-0.4, -0.2) is 28.3 Å². The average molecular weight is 214 g/mol. The maximum absolute atomic E-state index is 11.8. The highest BCUT2D eigenvalue weighted by atomic mass is 19.4. The minimum absolute atomic E-state index is 0.510. The lowest BCUT2D eigenvalue weighted by Crippen LogP contribution is -2.23. The number of carbonyl (C=O) groups is 2. The predicted molar refractivity (Wildman–Crippen MR) is 38.7 cm³/mol. The van der Waals surface area contributed by atoms with Gasteiger partial charge in [-0.25, -0.2) is 0 Å². The number of halogens is 3. The van der Waals surface area contributed by atoms with Crippen LogP contribution in [0.5, 0.6) is 0 Å². The maximum Gasteiger partial charge on any atom is 0.389 e. The summed E-state index contributed by atoms with van der Waals surface area (Å²) >= 11 is 0. The van der Waals surface area contributed by atoms with E-state index in [2.05, 4.69) is 0 Å². The highest BCUT2D eigenvalue weighted by Crippen LogP contribution is 2.27. The van der Waals surface area contributed by atoms with Gasteiger partial charge in [-0.05, 0) is 6.42 Å². The average Bonchev–Trinajstić information content (AvgIpc) is 1.94. The second-order valence-electron chi connectivity index (χ2n) is 2.79. The molecule has 0 bridgehead atoms. The van der Waals surface area contributed by atoms with E-state index in [0.29, 0.717) is 0 Å². The van der Waals surface area contributed by atoms with Crippen molar-refractivity contribution in [1.29, 1.82) is 0 Å². The molecule has 0 amide bonds. The SMILES string of the molecule is O=C(O)CCC(CC(F)(F)F)C(=O)O. The van der Waals surface area contributed by atoms with Gasteiger partial charge in [0.2, 0.25) is 0 Å². The molecule has 0 rings (SSSR count). The molecule has 7 heteroatoms. The van der Waals surface area contributed by atoms with Crippen LogP contribution in [0.4, 0.5) is 13.2 Å². The van der Waals surface area contributed by atoms with E-state index in [0.717, 1.165) is 0 Å². The molecule has 0 saturated carbocycles. The highest BCUT2D eigenvalue weighted by Gasteiger charge is 2.35. The van der Waals surface area contributed by atoms with Gasteiger partial charge < -0.3 is 10.2 Å². The van der Waals surface area contributed by atoms with E-state index in [1.807, 2.05) is 0 Å². The van der Waals surface area contributed by atoms with Crippen molar-refractivity contribution in [2.75, 3.05) is 0 Å². The van der Waals surface area contributed by atoms with Crippen LogP contribution in [-0.2, 0) is 9.59 Å². The molecule has 0 fully saturated rings. The van der Waals surface area contributed by atoms with Crippen LogP contribution >= 0.6 is 0 Å². The molecule has 1 unspecified atom stereocenters. The lowest BCUT2D eigenvalue weighted by Gasteiger charge is -2.13. The second-order valence-corrected chi connectivity index (χ2v) is 2.79. The normalized spacial score (nSPS) is 13.6. The van der Waals surface area contributed by atoms with Gasteiger partial charge in [0.15, 0.2) is 0 Å². The summed E-state index contributed by atoms with van der Waals surface area (Å²) in [4.78, 5) is 20.3. The standard InChI is InChI=1S/C7H9F3O4/c8-7(9,10)3-4(6(13)14)1-2-5(11)12/h4H,1-3H2,(H,11,12)(H,13,14). The van der Waals surface area contributed by atoms with Crippen molar-refractivity contribution < 1.29 is 33.0 Å². The first-order valence-corrected chi connectivity index (χ1v) is 3.73. The summed E-state index contributed by atoms with van der Waals surface area (Å²) in [5.74, 6) is -4.60. The van der Waals surface area contributed by atoms with Crippen LogP contribution in [0.2, 0.25) is 0 Å². The van der Waals surface area contributed by atoms with Crippen LogP contribution in [0.25, 0.3) is 0 Å². The van der Waals surface area contributed by atoms with Crippen molar-refractivity contribution in [2.24, 2.45) is 5.92 Å². The predicted octanol–water partition coefficient (Wildman–Crippen LogP) is 1.50. The van der Waals surface area contributed by atoms with Crippen LogP contribution in [0.3, 0.4) is 0 Å². The van der Waals surface area contributed by atoms with Gasteiger partial charge in [0.1, 0.15) is 0 Å². The van der Waals surface area contributed by atoms with Gasteiger partial charge in [0.05, 0.1) is 12.3 Å². The minimum Gasteiger partial charge on any atom is -0.481 e. The topological polar surface area (TPSA) is 74.6 Å². The second kappa shape index (κ2) is 4.83. The quantitative estimate of drug-likeness (QED) is 0.727. The largest absolute Gasteiger partial charge is 0.481 e. The van der Waals surface area contributed by atoms with E-state index in [1.54, 1.807) is 0 Å². The van der Waals surface area contributed by atoms with Crippen molar-refractivity contribution >= 4 is 11.9 Å². The molecule has 0 aromatic heterocycles. The van der Waals surface area contributed by atoms with Crippen molar-refractivity contribution in [3.8, 4) is 0 Å². The monoisotopic (exact) mass is 214 g/mol. The number of carboxylic acids is 2. The molecular weight excluding hydrogens is 205 g/mol. The third-order valence-electron chi connectivity index (χ3n) is 1.53. The van der Waals surface area contributed by atoms with E-state index in [-0.39, 0.29) is 0 Å². The van der Waals surface area contributed by atoms with E-state index in [9.17, 15) is 22.8 Å². The Bertz CT molecular complexity index is 223. The van der Waals surface area contributed by atoms with Gasteiger partial charge in [0, 0.05) is 6.42 Å². The Morgan fingerprint density at radius 1 is 1.21 bits per heavy atom. The molecule has 0 aromatic rings. The number of alkyl halides is 3. The Hall–Kier alpha value is -1.27. The van der Waals surface area contributed by atoms with Gasteiger partial charge >= 0.3 is 18.1 Å². The molecule has 2 N–H and O–H groups in total. The molecule has 0 radical (unpaired) electrons. The van der Waals surface area contributed by atoms with Crippen molar-refractivity contribution in [3.05, 3.63) is 0 Å². The smallest absolute Gasteiger partial charge is 0.389 e. The third kappa shape index (κ3) is 6.27. The first-order valence-electron chi connectivity index (χ1n) is 3.73. The van der Waals surface area contributed by atoms with Crippen LogP contribution in [0.15, 0.2) is 0 Å².